The van der Waals surface area contributed by atoms with Crippen molar-refractivity contribution in [2.45, 2.75) is 64.0 Å². The predicted octanol–water partition coefficient (Wildman–Crippen LogP) is 3.02. The molecular weight excluding hydrogens is 158 g/mol. The van der Waals surface area contributed by atoms with Gasteiger partial charge in [0.15, 0.2) is 0 Å². The Hall–Kier alpha value is -0.300. The van der Waals surface area contributed by atoms with Gasteiger partial charge in [-0.2, -0.15) is 0 Å². The van der Waals surface area contributed by atoms with Crippen LogP contribution in [0.3, 0.4) is 0 Å². The maximum absolute atomic E-state index is 3.63. The minimum atomic E-state index is 0.732. The van der Waals surface area contributed by atoms with Gasteiger partial charge in [-0.15, -0.1) is 0 Å². The third-order valence-corrected chi connectivity index (χ3v) is 3.32. The fourth-order valence-electron chi connectivity index (χ4n) is 2.60. The van der Waals surface area contributed by atoms with Crippen LogP contribution >= 0.6 is 0 Å². The summed E-state index contributed by atoms with van der Waals surface area (Å²) in [5, 5.41) is 3.63. The van der Waals surface area contributed by atoms with Crippen molar-refractivity contribution in [1.82, 2.24) is 5.32 Å². The summed E-state index contributed by atoms with van der Waals surface area (Å²) in [7, 11) is 0. The number of unbranched alkanes of at least 4 members (excludes halogenated alkanes) is 2. The topological polar surface area (TPSA) is 12.0 Å². The minimum Gasteiger partial charge on any atom is -0.307 e. The van der Waals surface area contributed by atoms with Crippen LogP contribution in [0.2, 0.25) is 0 Å². The number of fused-ring (bicyclic) bond motifs is 2. The van der Waals surface area contributed by atoms with Crippen molar-refractivity contribution < 1.29 is 0 Å². The second-order valence-electron chi connectivity index (χ2n) is 4.53. The Labute approximate surface area is 81.6 Å². The lowest BCUT2D eigenvalue weighted by molar-refractivity contribution is 0.531. The van der Waals surface area contributed by atoms with Crippen LogP contribution in [-0.2, 0) is 0 Å². The molecule has 2 atom stereocenters. The Bertz CT molecular complexity index is 195. The van der Waals surface area contributed by atoms with Crippen molar-refractivity contribution in [1.29, 1.82) is 0 Å². The highest BCUT2D eigenvalue weighted by Crippen LogP contribution is 2.28. The van der Waals surface area contributed by atoms with E-state index in [2.05, 4.69) is 18.3 Å². The summed E-state index contributed by atoms with van der Waals surface area (Å²) in [5.41, 5.74) is 1.74. The van der Waals surface area contributed by atoms with Gasteiger partial charge >= 0.3 is 0 Å². The Morgan fingerprint density at radius 1 is 1.38 bits per heavy atom. The van der Waals surface area contributed by atoms with Gasteiger partial charge in [-0.25, -0.2) is 0 Å². The first kappa shape index (κ1) is 9.26. The molecule has 13 heavy (non-hydrogen) atoms. The van der Waals surface area contributed by atoms with Crippen LogP contribution in [0.25, 0.3) is 0 Å². The molecule has 0 amide bonds. The van der Waals surface area contributed by atoms with Gasteiger partial charge in [0, 0.05) is 12.1 Å². The first-order valence-corrected chi connectivity index (χ1v) is 5.84. The van der Waals surface area contributed by atoms with Crippen LogP contribution < -0.4 is 5.32 Å². The third kappa shape index (κ3) is 2.34. The van der Waals surface area contributed by atoms with Crippen LogP contribution in [-0.4, -0.2) is 12.1 Å². The number of nitrogens with one attached hydrogen (secondary N) is 1. The quantitative estimate of drug-likeness (QED) is 0.516. The predicted molar refractivity (Wildman–Crippen MR) is 56.8 cm³/mol. The fraction of sp³-hybridized carbons (Fsp3) is 0.833. The van der Waals surface area contributed by atoms with E-state index in [4.69, 9.17) is 0 Å². The SMILES string of the molecule is CCCCCC1=CC2CCC(C1)N2. The molecule has 2 rings (SSSR count). The largest absolute Gasteiger partial charge is 0.307 e. The van der Waals surface area contributed by atoms with E-state index >= 15 is 0 Å². The molecule has 1 N–H and O–H groups in total. The standard InChI is InChI=1S/C12H21N/c1-2-3-4-5-10-8-11-6-7-12(9-10)13-11/h8,11-13H,2-7,9H2,1H3. The van der Waals surface area contributed by atoms with Gasteiger partial charge in [0.25, 0.3) is 0 Å². The molecule has 1 heteroatoms. The van der Waals surface area contributed by atoms with E-state index in [0.717, 1.165) is 12.1 Å². The Morgan fingerprint density at radius 3 is 3.08 bits per heavy atom. The lowest BCUT2D eigenvalue weighted by Crippen LogP contribution is -2.32. The number of rotatable bonds is 4. The summed E-state index contributed by atoms with van der Waals surface area (Å²) in [6.07, 6.45) is 12.1. The second kappa shape index (κ2) is 4.28. The zero-order valence-electron chi connectivity index (χ0n) is 8.68. The Morgan fingerprint density at radius 2 is 2.31 bits per heavy atom. The van der Waals surface area contributed by atoms with Crippen molar-refractivity contribution in [2.24, 2.45) is 0 Å². The van der Waals surface area contributed by atoms with Crippen molar-refractivity contribution in [3.63, 3.8) is 0 Å². The molecule has 0 aromatic rings. The van der Waals surface area contributed by atoms with Gasteiger partial charge in [0.2, 0.25) is 0 Å². The van der Waals surface area contributed by atoms with Crippen LogP contribution in [0.5, 0.6) is 0 Å². The van der Waals surface area contributed by atoms with E-state index in [9.17, 15) is 0 Å². The van der Waals surface area contributed by atoms with E-state index < -0.39 is 0 Å². The van der Waals surface area contributed by atoms with Gasteiger partial charge in [-0.3, -0.25) is 0 Å². The zero-order chi connectivity index (χ0) is 9.10. The summed E-state index contributed by atoms with van der Waals surface area (Å²) < 4.78 is 0. The molecule has 0 radical (unpaired) electrons. The molecule has 2 aliphatic rings. The van der Waals surface area contributed by atoms with Gasteiger partial charge in [0.05, 0.1) is 0 Å². The molecule has 1 saturated heterocycles. The van der Waals surface area contributed by atoms with E-state index in [-0.39, 0.29) is 0 Å². The monoisotopic (exact) mass is 179 g/mol. The molecule has 2 unspecified atom stereocenters. The van der Waals surface area contributed by atoms with E-state index in [0.29, 0.717) is 0 Å². The lowest BCUT2D eigenvalue weighted by atomic mass is 9.98. The van der Waals surface area contributed by atoms with Crippen LogP contribution in [0, 0.1) is 0 Å². The van der Waals surface area contributed by atoms with Gasteiger partial charge in [-0.05, 0) is 32.1 Å². The van der Waals surface area contributed by atoms with Crippen LogP contribution in [0.15, 0.2) is 11.6 Å². The third-order valence-electron chi connectivity index (χ3n) is 3.32. The molecule has 1 nitrogen and oxygen atoms in total. The van der Waals surface area contributed by atoms with Gasteiger partial charge in [0.1, 0.15) is 0 Å². The zero-order valence-corrected chi connectivity index (χ0v) is 8.68. The minimum absolute atomic E-state index is 0.732. The average Bonchev–Trinajstić information content (AvgIpc) is 2.46. The average molecular weight is 179 g/mol. The summed E-state index contributed by atoms with van der Waals surface area (Å²) in [4.78, 5) is 0. The normalized spacial score (nSPS) is 31.9. The molecule has 2 aliphatic heterocycles. The number of hydrogen-bond acceptors (Lipinski definition) is 1. The number of hydrogen-bond donors (Lipinski definition) is 1. The molecule has 0 aromatic heterocycles. The molecule has 2 heterocycles. The van der Waals surface area contributed by atoms with E-state index in [1.807, 2.05) is 0 Å². The van der Waals surface area contributed by atoms with E-state index in [1.165, 1.54) is 44.9 Å². The van der Waals surface area contributed by atoms with Gasteiger partial charge in [-0.1, -0.05) is 31.4 Å². The highest BCUT2D eigenvalue weighted by Gasteiger charge is 2.27. The van der Waals surface area contributed by atoms with Crippen LogP contribution in [0.1, 0.15) is 51.9 Å². The first-order chi connectivity index (χ1) is 6.38. The molecule has 0 aromatic carbocycles. The maximum Gasteiger partial charge on any atom is 0.0255 e. The molecule has 74 valence electrons. The summed E-state index contributed by atoms with van der Waals surface area (Å²) in [6.45, 7) is 2.28. The van der Waals surface area contributed by atoms with Crippen molar-refractivity contribution in [2.75, 3.05) is 0 Å². The molecule has 0 saturated carbocycles. The summed E-state index contributed by atoms with van der Waals surface area (Å²) in [6, 6.07) is 1.56. The Kier molecular flexibility index (Phi) is 3.05. The summed E-state index contributed by atoms with van der Waals surface area (Å²) in [5.74, 6) is 0. The second-order valence-corrected chi connectivity index (χ2v) is 4.53. The smallest absolute Gasteiger partial charge is 0.0255 e. The lowest BCUT2D eigenvalue weighted by Gasteiger charge is -2.21. The highest BCUT2D eigenvalue weighted by molar-refractivity contribution is 5.16. The van der Waals surface area contributed by atoms with Crippen LogP contribution in [0.4, 0.5) is 0 Å². The van der Waals surface area contributed by atoms with Crippen molar-refractivity contribution >= 4 is 0 Å². The first-order valence-electron chi connectivity index (χ1n) is 5.84. The molecular formula is C12H21N. The van der Waals surface area contributed by atoms with Gasteiger partial charge < -0.3 is 5.32 Å². The highest BCUT2D eigenvalue weighted by atomic mass is 15.0. The molecule has 1 fully saturated rings. The summed E-state index contributed by atoms with van der Waals surface area (Å²) >= 11 is 0. The maximum atomic E-state index is 3.63. The molecule has 2 bridgehead atoms. The molecule has 0 aliphatic carbocycles. The van der Waals surface area contributed by atoms with E-state index in [1.54, 1.807) is 5.57 Å². The fourth-order valence-corrected chi connectivity index (χ4v) is 2.60. The molecule has 0 spiro atoms. The Balaban J connectivity index is 1.79. The van der Waals surface area contributed by atoms with Crippen molar-refractivity contribution in [3.8, 4) is 0 Å². The van der Waals surface area contributed by atoms with Crippen molar-refractivity contribution in [3.05, 3.63) is 11.6 Å².